The first-order chi connectivity index (χ1) is 12.6. The van der Waals surface area contributed by atoms with E-state index in [1.807, 2.05) is 30.3 Å². The molecule has 1 aliphatic rings. The Morgan fingerprint density at radius 2 is 2.08 bits per heavy atom. The van der Waals surface area contributed by atoms with Gasteiger partial charge in [-0.05, 0) is 18.4 Å². The number of hydrogen-bond donors (Lipinski definition) is 0. The fourth-order valence-corrected chi connectivity index (χ4v) is 4.74. The normalized spacial score (nSPS) is 18.4. The van der Waals surface area contributed by atoms with Gasteiger partial charge in [-0.2, -0.15) is 9.29 Å². The van der Waals surface area contributed by atoms with E-state index in [9.17, 15) is 8.42 Å². The maximum atomic E-state index is 12.8. The Labute approximate surface area is 153 Å². The van der Waals surface area contributed by atoms with Crippen LogP contribution < -0.4 is 0 Å². The summed E-state index contributed by atoms with van der Waals surface area (Å²) in [6.07, 6.45) is 1.45. The molecule has 1 unspecified atom stereocenters. The number of aromatic nitrogens is 2. The van der Waals surface area contributed by atoms with Gasteiger partial charge in [0.15, 0.2) is 5.82 Å². The number of benzene rings is 1. The van der Waals surface area contributed by atoms with E-state index in [4.69, 9.17) is 14.0 Å². The van der Waals surface area contributed by atoms with Gasteiger partial charge in [-0.3, -0.25) is 0 Å². The Bertz CT molecular complexity index is 794. The Morgan fingerprint density at radius 3 is 2.85 bits per heavy atom. The number of sulfonamides is 1. The minimum absolute atomic E-state index is 0.0326. The van der Waals surface area contributed by atoms with Crippen molar-refractivity contribution in [2.75, 3.05) is 26.9 Å². The molecule has 1 aromatic carbocycles. The average molecular weight is 381 g/mol. The number of rotatable bonds is 9. The Balaban J connectivity index is 1.67. The van der Waals surface area contributed by atoms with E-state index in [1.54, 1.807) is 7.11 Å². The van der Waals surface area contributed by atoms with Crippen LogP contribution in [0.25, 0.3) is 0 Å². The summed E-state index contributed by atoms with van der Waals surface area (Å²) in [6.45, 7) is 1.55. The van der Waals surface area contributed by atoms with Crippen molar-refractivity contribution < 1.29 is 22.4 Å². The van der Waals surface area contributed by atoms with Crippen LogP contribution in [0.1, 0.15) is 36.2 Å². The van der Waals surface area contributed by atoms with Crippen molar-refractivity contribution in [2.45, 2.75) is 31.2 Å². The lowest BCUT2D eigenvalue weighted by molar-refractivity contribution is 0.0494. The summed E-state index contributed by atoms with van der Waals surface area (Å²) in [4.78, 5) is 4.31. The third-order valence-electron chi connectivity index (χ3n) is 4.19. The zero-order valence-electron chi connectivity index (χ0n) is 14.7. The maximum Gasteiger partial charge on any atom is 0.252 e. The highest BCUT2D eigenvalue weighted by Crippen LogP contribution is 2.33. The van der Waals surface area contributed by atoms with E-state index in [0.717, 1.165) is 12.0 Å². The highest BCUT2D eigenvalue weighted by atomic mass is 32.2. The molecule has 2 aromatic rings. The van der Waals surface area contributed by atoms with Gasteiger partial charge in [0.25, 0.3) is 5.89 Å². The van der Waals surface area contributed by atoms with Gasteiger partial charge in [-0.15, -0.1) is 0 Å². The third kappa shape index (κ3) is 4.67. The molecule has 26 heavy (non-hydrogen) atoms. The van der Waals surface area contributed by atoms with Crippen molar-refractivity contribution in [1.29, 1.82) is 0 Å². The molecule has 1 aliphatic heterocycles. The molecule has 9 heteroatoms. The minimum Gasteiger partial charge on any atom is -0.382 e. The average Bonchev–Trinajstić information content (AvgIpc) is 3.28. The third-order valence-corrected chi connectivity index (χ3v) is 6.04. The molecule has 1 fully saturated rings. The van der Waals surface area contributed by atoms with Crippen LogP contribution >= 0.6 is 0 Å². The summed E-state index contributed by atoms with van der Waals surface area (Å²) in [5, 5.41) is 3.96. The van der Waals surface area contributed by atoms with Crippen LogP contribution in [0.2, 0.25) is 0 Å². The first kappa shape index (κ1) is 19.0. The molecule has 142 valence electrons. The van der Waals surface area contributed by atoms with E-state index >= 15 is 0 Å². The first-order valence-electron chi connectivity index (χ1n) is 8.53. The molecule has 0 radical (unpaired) electrons. The zero-order valence-corrected chi connectivity index (χ0v) is 15.5. The topological polar surface area (TPSA) is 94.8 Å². The van der Waals surface area contributed by atoms with Crippen molar-refractivity contribution >= 4 is 10.0 Å². The van der Waals surface area contributed by atoms with Gasteiger partial charge in [0, 0.05) is 13.7 Å². The zero-order chi connectivity index (χ0) is 18.4. The van der Waals surface area contributed by atoms with Crippen molar-refractivity contribution in [1.82, 2.24) is 14.4 Å². The SMILES string of the molecule is COCCOCc1nc(C2CCCN2S(=O)(=O)Cc2ccccc2)no1. The lowest BCUT2D eigenvalue weighted by atomic mass is 10.2. The van der Waals surface area contributed by atoms with Crippen LogP contribution in [-0.2, 0) is 31.9 Å². The predicted molar refractivity (Wildman–Crippen MR) is 93.6 cm³/mol. The lowest BCUT2D eigenvalue weighted by Gasteiger charge is -2.21. The minimum atomic E-state index is -3.46. The molecule has 1 aromatic heterocycles. The van der Waals surface area contributed by atoms with Crippen LogP contribution in [0.5, 0.6) is 0 Å². The summed E-state index contributed by atoms with van der Waals surface area (Å²) < 4.78 is 42.6. The van der Waals surface area contributed by atoms with Gasteiger partial charge in [0.1, 0.15) is 6.61 Å². The molecule has 0 aliphatic carbocycles. The second-order valence-corrected chi connectivity index (χ2v) is 8.02. The number of ether oxygens (including phenoxy) is 2. The van der Waals surface area contributed by atoms with Crippen molar-refractivity contribution in [2.24, 2.45) is 0 Å². The molecule has 0 bridgehead atoms. The van der Waals surface area contributed by atoms with Crippen LogP contribution in [0.4, 0.5) is 0 Å². The Hall–Kier alpha value is -1.81. The van der Waals surface area contributed by atoms with Gasteiger partial charge in [0.2, 0.25) is 10.0 Å². The highest BCUT2D eigenvalue weighted by molar-refractivity contribution is 7.88. The van der Waals surface area contributed by atoms with E-state index in [1.165, 1.54) is 4.31 Å². The molecule has 0 saturated carbocycles. The molecular formula is C17H23N3O5S. The molecular weight excluding hydrogens is 358 g/mol. The monoisotopic (exact) mass is 381 g/mol. The Morgan fingerprint density at radius 1 is 1.27 bits per heavy atom. The summed E-state index contributed by atoms with van der Waals surface area (Å²) >= 11 is 0. The molecule has 1 saturated heterocycles. The number of hydrogen-bond acceptors (Lipinski definition) is 7. The van der Waals surface area contributed by atoms with Crippen LogP contribution in [0.3, 0.4) is 0 Å². The largest absolute Gasteiger partial charge is 0.382 e. The van der Waals surface area contributed by atoms with Crippen molar-refractivity contribution in [3.05, 3.63) is 47.6 Å². The van der Waals surface area contributed by atoms with Crippen LogP contribution in [0, 0.1) is 0 Å². The number of nitrogens with zero attached hydrogens (tertiary/aromatic N) is 3. The fourth-order valence-electron chi connectivity index (χ4n) is 2.96. The molecule has 0 spiro atoms. The van der Waals surface area contributed by atoms with E-state index < -0.39 is 10.0 Å². The second-order valence-electron chi connectivity index (χ2n) is 6.10. The van der Waals surface area contributed by atoms with Gasteiger partial charge >= 0.3 is 0 Å². The second kappa shape index (κ2) is 8.72. The summed E-state index contributed by atoms with van der Waals surface area (Å²) in [5.41, 5.74) is 0.762. The standard InChI is InChI=1S/C17H23N3O5S/c1-23-10-11-24-12-16-18-17(19-25-16)15-8-5-9-20(15)26(21,22)13-14-6-3-2-4-7-14/h2-4,6-7,15H,5,8-13H2,1H3. The molecule has 8 nitrogen and oxygen atoms in total. The summed E-state index contributed by atoms with van der Waals surface area (Å²) in [6, 6.07) is 8.77. The van der Waals surface area contributed by atoms with Crippen LogP contribution in [-0.4, -0.2) is 49.7 Å². The summed E-state index contributed by atoms with van der Waals surface area (Å²) in [7, 11) is -1.87. The van der Waals surface area contributed by atoms with Crippen molar-refractivity contribution in [3.63, 3.8) is 0 Å². The molecule has 0 N–H and O–H groups in total. The molecule has 3 rings (SSSR count). The van der Waals surface area contributed by atoms with Gasteiger partial charge in [-0.1, -0.05) is 35.5 Å². The highest BCUT2D eigenvalue weighted by Gasteiger charge is 2.37. The summed E-state index contributed by atoms with van der Waals surface area (Å²) in [5.74, 6) is 0.697. The maximum absolute atomic E-state index is 12.8. The smallest absolute Gasteiger partial charge is 0.252 e. The van der Waals surface area contributed by atoms with E-state index in [2.05, 4.69) is 10.1 Å². The van der Waals surface area contributed by atoms with E-state index in [-0.39, 0.29) is 18.4 Å². The molecule has 2 heterocycles. The predicted octanol–water partition coefficient (Wildman–Crippen LogP) is 1.90. The van der Waals surface area contributed by atoms with E-state index in [0.29, 0.717) is 37.9 Å². The van der Waals surface area contributed by atoms with Crippen molar-refractivity contribution in [3.8, 4) is 0 Å². The van der Waals surface area contributed by atoms with Gasteiger partial charge in [0.05, 0.1) is 25.0 Å². The quantitative estimate of drug-likeness (QED) is 0.612. The fraction of sp³-hybridized carbons (Fsp3) is 0.529. The first-order valence-corrected chi connectivity index (χ1v) is 10.1. The molecule has 1 atom stereocenters. The van der Waals surface area contributed by atoms with Gasteiger partial charge < -0.3 is 14.0 Å². The Kier molecular flexibility index (Phi) is 6.36. The van der Waals surface area contributed by atoms with Gasteiger partial charge in [-0.25, -0.2) is 8.42 Å². The lowest BCUT2D eigenvalue weighted by Crippen LogP contribution is -2.32. The molecule has 0 amide bonds. The number of methoxy groups -OCH3 is 1. The van der Waals surface area contributed by atoms with Crippen LogP contribution in [0.15, 0.2) is 34.9 Å².